The Morgan fingerprint density at radius 1 is 1.37 bits per heavy atom. The van der Waals surface area contributed by atoms with Crippen LogP contribution < -0.4 is 10.5 Å². The summed E-state index contributed by atoms with van der Waals surface area (Å²) in [6.45, 7) is 3.32. The molecule has 0 atom stereocenters. The number of nitrogens with two attached hydrogens (primary N) is 1. The van der Waals surface area contributed by atoms with E-state index in [-0.39, 0.29) is 0 Å². The van der Waals surface area contributed by atoms with Crippen molar-refractivity contribution in [1.29, 1.82) is 0 Å². The van der Waals surface area contributed by atoms with Gasteiger partial charge in [0.25, 0.3) is 0 Å². The second-order valence-electron chi connectivity index (χ2n) is 4.24. The van der Waals surface area contributed by atoms with Gasteiger partial charge in [-0.1, -0.05) is 6.07 Å². The predicted molar refractivity (Wildman–Crippen MR) is 78.7 cm³/mol. The fourth-order valence-electron chi connectivity index (χ4n) is 2.14. The summed E-state index contributed by atoms with van der Waals surface area (Å²) < 4.78 is 7.61. The van der Waals surface area contributed by atoms with Gasteiger partial charge in [0.1, 0.15) is 11.3 Å². The second kappa shape index (κ2) is 4.93. The Bertz CT molecular complexity index is 688. The van der Waals surface area contributed by atoms with Crippen molar-refractivity contribution >= 4 is 28.3 Å². The topological polar surface area (TPSA) is 53.1 Å². The second-order valence-corrected chi connectivity index (χ2v) is 5.02. The Labute approximate surface area is 115 Å². The van der Waals surface area contributed by atoms with Gasteiger partial charge in [0, 0.05) is 0 Å². The van der Waals surface area contributed by atoms with E-state index in [9.17, 15) is 0 Å². The molecule has 0 aliphatic carbocycles. The van der Waals surface area contributed by atoms with E-state index in [1.807, 2.05) is 29.7 Å². The van der Waals surface area contributed by atoms with E-state index >= 15 is 0 Å². The van der Waals surface area contributed by atoms with Crippen LogP contribution in [0.4, 0.5) is 5.95 Å². The molecule has 19 heavy (non-hydrogen) atoms. The minimum absolute atomic E-state index is 0.522. The first kappa shape index (κ1) is 12.0. The lowest BCUT2D eigenvalue weighted by atomic mass is 10.2. The first-order valence-electron chi connectivity index (χ1n) is 6.18. The van der Waals surface area contributed by atoms with Gasteiger partial charge >= 0.3 is 0 Å². The SMILES string of the molecule is CCOc1cccc2c1nc(N)n2Cc1ccsc1. The van der Waals surface area contributed by atoms with E-state index in [4.69, 9.17) is 10.5 Å². The molecule has 1 aromatic carbocycles. The molecule has 0 bridgehead atoms. The molecule has 2 N–H and O–H groups in total. The number of hydrogen-bond acceptors (Lipinski definition) is 4. The van der Waals surface area contributed by atoms with Gasteiger partial charge in [-0.3, -0.25) is 0 Å². The molecule has 0 aliphatic heterocycles. The normalized spacial score (nSPS) is 11.0. The van der Waals surface area contributed by atoms with Crippen LogP contribution in [0.5, 0.6) is 5.75 Å². The first-order chi connectivity index (χ1) is 9.29. The lowest BCUT2D eigenvalue weighted by molar-refractivity contribution is 0.343. The van der Waals surface area contributed by atoms with E-state index in [0.717, 1.165) is 23.3 Å². The van der Waals surface area contributed by atoms with Crippen molar-refractivity contribution in [2.24, 2.45) is 0 Å². The molecule has 2 aromatic heterocycles. The van der Waals surface area contributed by atoms with Crippen molar-refractivity contribution in [1.82, 2.24) is 9.55 Å². The van der Waals surface area contributed by atoms with Gasteiger partial charge in [0.05, 0.1) is 18.7 Å². The van der Waals surface area contributed by atoms with Crippen LogP contribution >= 0.6 is 11.3 Å². The van der Waals surface area contributed by atoms with Gasteiger partial charge in [-0.05, 0) is 41.4 Å². The van der Waals surface area contributed by atoms with E-state index in [0.29, 0.717) is 12.6 Å². The fraction of sp³-hybridized carbons (Fsp3) is 0.214. The molecule has 3 rings (SSSR count). The number of rotatable bonds is 4. The van der Waals surface area contributed by atoms with Crippen molar-refractivity contribution in [3.63, 3.8) is 0 Å². The summed E-state index contributed by atoms with van der Waals surface area (Å²) in [5.41, 5.74) is 9.11. The van der Waals surface area contributed by atoms with Crippen molar-refractivity contribution in [3.8, 4) is 5.75 Å². The van der Waals surface area contributed by atoms with Gasteiger partial charge in [0.2, 0.25) is 5.95 Å². The molecule has 3 aromatic rings. The number of aromatic nitrogens is 2. The third kappa shape index (κ3) is 2.17. The fourth-order valence-corrected chi connectivity index (χ4v) is 2.80. The van der Waals surface area contributed by atoms with E-state index in [1.54, 1.807) is 11.3 Å². The Morgan fingerprint density at radius 2 is 2.26 bits per heavy atom. The van der Waals surface area contributed by atoms with Gasteiger partial charge < -0.3 is 15.0 Å². The van der Waals surface area contributed by atoms with Crippen LogP contribution in [0, 0.1) is 0 Å². The first-order valence-corrected chi connectivity index (χ1v) is 7.12. The molecule has 5 heteroatoms. The van der Waals surface area contributed by atoms with Crippen LogP contribution in [0.1, 0.15) is 12.5 Å². The van der Waals surface area contributed by atoms with E-state index < -0.39 is 0 Å². The summed E-state index contributed by atoms with van der Waals surface area (Å²) in [6.07, 6.45) is 0. The van der Waals surface area contributed by atoms with E-state index in [2.05, 4.69) is 21.8 Å². The number of nitrogen functional groups attached to an aromatic ring is 1. The Kier molecular flexibility index (Phi) is 3.13. The largest absolute Gasteiger partial charge is 0.492 e. The van der Waals surface area contributed by atoms with Crippen molar-refractivity contribution in [2.75, 3.05) is 12.3 Å². The van der Waals surface area contributed by atoms with Gasteiger partial charge in [-0.15, -0.1) is 0 Å². The number of para-hydroxylation sites is 1. The summed E-state index contributed by atoms with van der Waals surface area (Å²) in [7, 11) is 0. The van der Waals surface area contributed by atoms with Crippen LogP contribution in [0.25, 0.3) is 11.0 Å². The molecule has 4 nitrogen and oxygen atoms in total. The number of ether oxygens (including phenoxy) is 1. The van der Waals surface area contributed by atoms with Crippen LogP contribution in [0.2, 0.25) is 0 Å². The lowest BCUT2D eigenvalue weighted by Gasteiger charge is -2.06. The highest BCUT2D eigenvalue weighted by Gasteiger charge is 2.12. The van der Waals surface area contributed by atoms with E-state index in [1.165, 1.54) is 5.56 Å². The molecular formula is C14H15N3OS. The number of hydrogen-bond donors (Lipinski definition) is 1. The molecular weight excluding hydrogens is 258 g/mol. The average Bonchev–Trinajstić information content (AvgIpc) is 3.01. The molecule has 0 radical (unpaired) electrons. The molecule has 0 aliphatic rings. The summed E-state index contributed by atoms with van der Waals surface area (Å²) in [6, 6.07) is 8.02. The van der Waals surface area contributed by atoms with Gasteiger partial charge in [-0.25, -0.2) is 4.98 Å². The number of anilines is 1. The molecule has 0 unspecified atom stereocenters. The summed E-state index contributed by atoms with van der Waals surface area (Å²) in [4.78, 5) is 4.43. The van der Waals surface area contributed by atoms with Crippen LogP contribution in [-0.2, 0) is 6.54 Å². The van der Waals surface area contributed by atoms with Crippen molar-refractivity contribution < 1.29 is 4.74 Å². The Balaban J connectivity index is 2.09. The summed E-state index contributed by atoms with van der Waals surface area (Å²) in [5, 5.41) is 4.19. The highest BCUT2D eigenvalue weighted by molar-refractivity contribution is 7.07. The Hall–Kier alpha value is -2.01. The minimum atomic E-state index is 0.522. The number of imidazole rings is 1. The lowest BCUT2D eigenvalue weighted by Crippen LogP contribution is -2.03. The maximum Gasteiger partial charge on any atom is 0.201 e. The zero-order valence-electron chi connectivity index (χ0n) is 10.7. The molecule has 0 spiro atoms. The quantitative estimate of drug-likeness (QED) is 0.794. The highest BCUT2D eigenvalue weighted by atomic mass is 32.1. The third-order valence-corrected chi connectivity index (χ3v) is 3.72. The zero-order valence-corrected chi connectivity index (χ0v) is 11.5. The number of thiophene rings is 1. The van der Waals surface area contributed by atoms with Crippen molar-refractivity contribution in [2.45, 2.75) is 13.5 Å². The number of nitrogens with zero attached hydrogens (tertiary/aromatic N) is 2. The van der Waals surface area contributed by atoms with Crippen LogP contribution in [0.15, 0.2) is 35.0 Å². The summed E-state index contributed by atoms with van der Waals surface area (Å²) in [5.74, 6) is 1.31. The summed E-state index contributed by atoms with van der Waals surface area (Å²) >= 11 is 1.68. The van der Waals surface area contributed by atoms with Gasteiger partial charge in [0.15, 0.2) is 0 Å². The zero-order chi connectivity index (χ0) is 13.2. The van der Waals surface area contributed by atoms with Gasteiger partial charge in [-0.2, -0.15) is 11.3 Å². The molecule has 2 heterocycles. The smallest absolute Gasteiger partial charge is 0.201 e. The maximum absolute atomic E-state index is 6.03. The number of fused-ring (bicyclic) bond motifs is 1. The standard InChI is InChI=1S/C14H15N3OS/c1-2-18-12-5-3-4-11-13(12)16-14(15)17(11)8-10-6-7-19-9-10/h3-7,9H,2,8H2,1H3,(H2,15,16). The molecule has 98 valence electrons. The predicted octanol–water partition coefficient (Wildman–Crippen LogP) is 3.13. The Morgan fingerprint density at radius 3 is 3.00 bits per heavy atom. The average molecular weight is 273 g/mol. The highest BCUT2D eigenvalue weighted by Crippen LogP contribution is 2.27. The molecule has 0 saturated heterocycles. The molecule has 0 fully saturated rings. The minimum Gasteiger partial charge on any atom is -0.492 e. The molecule has 0 saturated carbocycles. The van der Waals surface area contributed by atoms with Crippen LogP contribution in [0.3, 0.4) is 0 Å². The monoisotopic (exact) mass is 273 g/mol. The van der Waals surface area contributed by atoms with Crippen LogP contribution in [-0.4, -0.2) is 16.2 Å². The number of benzene rings is 1. The molecule has 0 amide bonds. The van der Waals surface area contributed by atoms with Crippen molar-refractivity contribution in [3.05, 3.63) is 40.6 Å². The third-order valence-electron chi connectivity index (χ3n) is 2.99. The maximum atomic E-state index is 6.03.